The average molecular weight is 438 g/mol. The number of ether oxygens (including phenoxy) is 2. The highest BCUT2D eigenvalue weighted by Gasteiger charge is 2.13. The molecule has 4 rings (SSSR count). The number of nitrogens with one attached hydrogen (secondary N) is 1. The zero-order chi connectivity index (χ0) is 20.9. The maximum atomic E-state index is 6.55. The summed E-state index contributed by atoms with van der Waals surface area (Å²) >= 11 is 12.8. The lowest BCUT2D eigenvalue weighted by Gasteiger charge is -2.16. The van der Waals surface area contributed by atoms with E-state index in [1.54, 1.807) is 7.11 Å². The number of rotatable bonds is 7. The van der Waals surface area contributed by atoms with Crippen molar-refractivity contribution in [1.29, 1.82) is 0 Å². The van der Waals surface area contributed by atoms with Gasteiger partial charge in [-0.05, 0) is 46.2 Å². The molecule has 5 heteroatoms. The number of para-hydroxylation sites is 1. The minimum atomic E-state index is 0.397. The van der Waals surface area contributed by atoms with Gasteiger partial charge in [0.1, 0.15) is 6.61 Å². The summed E-state index contributed by atoms with van der Waals surface area (Å²) < 4.78 is 11.6. The van der Waals surface area contributed by atoms with Crippen LogP contribution in [0.25, 0.3) is 10.8 Å². The maximum Gasteiger partial charge on any atom is 0.180 e. The number of methoxy groups -OCH3 is 1. The van der Waals surface area contributed by atoms with Gasteiger partial charge in [0.05, 0.1) is 22.8 Å². The van der Waals surface area contributed by atoms with Crippen LogP contribution < -0.4 is 14.8 Å². The van der Waals surface area contributed by atoms with E-state index in [9.17, 15) is 0 Å². The third-order valence-corrected chi connectivity index (χ3v) is 5.51. The lowest BCUT2D eigenvalue weighted by Crippen LogP contribution is -2.03. The molecular formula is C25H21Cl2NO2. The smallest absolute Gasteiger partial charge is 0.180 e. The molecule has 3 nitrogen and oxygen atoms in total. The Hall–Kier alpha value is -2.88. The first-order chi connectivity index (χ1) is 14.7. The van der Waals surface area contributed by atoms with E-state index in [2.05, 4.69) is 29.6 Å². The molecule has 0 heterocycles. The molecule has 0 fully saturated rings. The average Bonchev–Trinajstić information content (AvgIpc) is 2.77. The standard InChI is InChI=1S/C25H21Cl2NO2/c1-29-24-14-17(15-28-23-12-5-4-11-21(23)26)13-22(27)25(24)30-16-19-9-6-8-18-7-2-3-10-20(18)19/h2-14,28H,15-16H2,1H3. The van der Waals surface area contributed by atoms with Crippen molar-refractivity contribution in [2.45, 2.75) is 13.2 Å². The van der Waals surface area contributed by atoms with Crippen LogP contribution in [-0.4, -0.2) is 7.11 Å². The van der Waals surface area contributed by atoms with Gasteiger partial charge >= 0.3 is 0 Å². The van der Waals surface area contributed by atoms with Crippen LogP contribution in [0.5, 0.6) is 11.5 Å². The Labute approximate surface area is 186 Å². The van der Waals surface area contributed by atoms with Gasteiger partial charge in [-0.15, -0.1) is 0 Å². The summed E-state index contributed by atoms with van der Waals surface area (Å²) in [5.74, 6) is 1.13. The molecule has 0 unspecified atom stereocenters. The predicted octanol–water partition coefficient (Wildman–Crippen LogP) is 7.35. The van der Waals surface area contributed by atoms with Gasteiger partial charge in [-0.1, -0.05) is 77.8 Å². The molecule has 0 spiro atoms. The van der Waals surface area contributed by atoms with Gasteiger partial charge in [-0.2, -0.15) is 0 Å². The molecule has 0 radical (unpaired) electrons. The van der Waals surface area contributed by atoms with E-state index < -0.39 is 0 Å². The van der Waals surface area contributed by atoms with Crippen LogP contribution in [-0.2, 0) is 13.2 Å². The highest BCUT2D eigenvalue weighted by Crippen LogP contribution is 2.37. The van der Waals surface area contributed by atoms with Crippen LogP contribution in [0.1, 0.15) is 11.1 Å². The van der Waals surface area contributed by atoms with Gasteiger partial charge in [0.25, 0.3) is 0 Å². The molecule has 0 aliphatic heterocycles. The SMILES string of the molecule is COc1cc(CNc2ccccc2Cl)cc(Cl)c1OCc1cccc2ccccc12. The largest absolute Gasteiger partial charge is 0.493 e. The van der Waals surface area contributed by atoms with Gasteiger partial charge < -0.3 is 14.8 Å². The Bertz CT molecular complexity index is 1170. The third-order valence-electron chi connectivity index (χ3n) is 4.90. The van der Waals surface area contributed by atoms with Crippen LogP contribution in [0.2, 0.25) is 10.0 Å². The molecule has 0 atom stereocenters. The molecular weight excluding hydrogens is 417 g/mol. The highest BCUT2D eigenvalue weighted by molar-refractivity contribution is 6.33. The Balaban J connectivity index is 1.53. The molecule has 152 valence electrons. The van der Waals surface area contributed by atoms with Crippen molar-refractivity contribution in [2.75, 3.05) is 12.4 Å². The molecule has 1 N–H and O–H groups in total. The molecule has 0 aliphatic carbocycles. The van der Waals surface area contributed by atoms with E-state index in [1.807, 2.05) is 54.6 Å². The van der Waals surface area contributed by atoms with Crippen molar-refractivity contribution in [3.63, 3.8) is 0 Å². The molecule has 0 saturated heterocycles. The molecule has 4 aromatic carbocycles. The third kappa shape index (κ3) is 4.48. The van der Waals surface area contributed by atoms with Gasteiger partial charge in [0.2, 0.25) is 0 Å². The van der Waals surface area contributed by atoms with Crippen LogP contribution in [0.3, 0.4) is 0 Å². The molecule has 0 amide bonds. The van der Waals surface area contributed by atoms with E-state index in [4.69, 9.17) is 32.7 Å². The van der Waals surface area contributed by atoms with E-state index in [0.717, 1.165) is 22.2 Å². The Kier molecular flexibility index (Phi) is 6.32. The first kappa shape index (κ1) is 20.4. The fourth-order valence-corrected chi connectivity index (χ4v) is 3.88. The van der Waals surface area contributed by atoms with E-state index in [0.29, 0.717) is 34.7 Å². The lowest BCUT2D eigenvalue weighted by molar-refractivity contribution is 0.285. The number of hydrogen-bond acceptors (Lipinski definition) is 3. The van der Waals surface area contributed by atoms with Crippen molar-refractivity contribution in [3.8, 4) is 11.5 Å². The first-order valence-corrected chi connectivity index (χ1v) is 10.4. The second kappa shape index (κ2) is 9.29. The Morgan fingerprint density at radius 1 is 0.833 bits per heavy atom. The highest BCUT2D eigenvalue weighted by atomic mass is 35.5. The summed E-state index contributed by atoms with van der Waals surface area (Å²) in [5, 5.41) is 6.84. The maximum absolute atomic E-state index is 6.55. The summed E-state index contributed by atoms with van der Waals surface area (Å²) in [6.45, 7) is 0.956. The molecule has 4 aromatic rings. The molecule has 0 aromatic heterocycles. The molecule has 0 saturated carbocycles. The minimum Gasteiger partial charge on any atom is -0.493 e. The fraction of sp³-hybridized carbons (Fsp3) is 0.120. The van der Waals surface area contributed by atoms with E-state index >= 15 is 0 Å². The molecule has 0 aliphatic rings. The molecule has 30 heavy (non-hydrogen) atoms. The summed E-state index contributed by atoms with van der Waals surface area (Å²) in [6.07, 6.45) is 0. The van der Waals surface area contributed by atoms with Crippen LogP contribution in [0.4, 0.5) is 5.69 Å². The van der Waals surface area contributed by atoms with Crippen molar-refractivity contribution < 1.29 is 9.47 Å². The number of benzene rings is 4. The van der Waals surface area contributed by atoms with Crippen molar-refractivity contribution >= 4 is 39.7 Å². The Morgan fingerprint density at radius 2 is 1.60 bits per heavy atom. The number of halogens is 2. The van der Waals surface area contributed by atoms with Gasteiger partial charge in [0.15, 0.2) is 11.5 Å². The van der Waals surface area contributed by atoms with Crippen LogP contribution in [0.15, 0.2) is 78.9 Å². The normalized spacial score (nSPS) is 10.8. The van der Waals surface area contributed by atoms with Gasteiger partial charge in [0, 0.05) is 6.54 Å². The van der Waals surface area contributed by atoms with Crippen LogP contribution in [0, 0.1) is 0 Å². The minimum absolute atomic E-state index is 0.397. The van der Waals surface area contributed by atoms with Crippen LogP contribution >= 0.6 is 23.2 Å². The predicted molar refractivity (Wildman–Crippen MR) is 125 cm³/mol. The lowest BCUT2D eigenvalue weighted by atomic mass is 10.1. The monoisotopic (exact) mass is 437 g/mol. The zero-order valence-electron chi connectivity index (χ0n) is 16.5. The van der Waals surface area contributed by atoms with E-state index in [-0.39, 0.29) is 0 Å². The number of anilines is 1. The number of fused-ring (bicyclic) bond motifs is 1. The van der Waals surface area contributed by atoms with Crippen molar-refractivity contribution in [1.82, 2.24) is 0 Å². The topological polar surface area (TPSA) is 30.5 Å². The molecule has 0 bridgehead atoms. The van der Waals surface area contributed by atoms with E-state index in [1.165, 1.54) is 5.39 Å². The summed E-state index contributed by atoms with van der Waals surface area (Å²) in [5.41, 5.74) is 2.93. The van der Waals surface area contributed by atoms with Crippen molar-refractivity contribution in [3.05, 3.63) is 100 Å². The second-order valence-corrected chi connectivity index (χ2v) is 7.68. The Morgan fingerprint density at radius 3 is 2.43 bits per heavy atom. The zero-order valence-corrected chi connectivity index (χ0v) is 18.0. The fourth-order valence-electron chi connectivity index (χ4n) is 3.39. The summed E-state index contributed by atoms with van der Waals surface area (Å²) in [7, 11) is 1.61. The summed E-state index contributed by atoms with van der Waals surface area (Å²) in [4.78, 5) is 0. The quantitative estimate of drug-likeness (QED) is 0.327. The van der Waals surface area contributed by atoms with Gasteiger partial charge in [-0.3, -0.25) is 0 Å². The van der Waals surface area contributed by atoms with Crippen molar-refractivity contribution in [2.24, 2.45) is 0 Å². The van der Waals surface area contributed by atoms with Gasteiger partial charge in [-0.25, -0.2) is 0 Å². The number of hydrogen-bond donors (Lipinski definition) is 1. The first-order valence-electron chi connectivity index (χ1n) is 9.60. The summed E-state index contributed by atoms with van der Waals surface area (Å²) in [6, 6.07) is 25.8. The second-order valence-electron chi connectivity index (χ2n) is 6.87.